The van der Waals surface area contributed by atoms with Crippen LogP contribution in [0.25, 0.3) is 0 Å². The molecule has 2 nitrogen and oxygen atoms in total. The minimum Gasteiger partial charge on any atom is -0.305 e. The van der Waals surface area contributed by atoms with Gasteiger partial charge in [0, 0.05) is 11.5 Å². The zero-order chi connectivity index (χ0) is 10.6. The molecule has 0 saturated carbocycles. The Kier molecular flexibility index (Phi) is 4.34. The third-order valence-corrected chi connectivity index (χ3v) is 2.18. The number of Topliss-reactive ketones (excluding diaryl/α,β-unsaturated/α-hetero) is 1. The maximum absolute atomic E-state index is 11.4. The van der Waals surface area contributed by atoms with E-state index in [0.717, 1.165) is 0 Å². The Labute approximate surface area is 81.4 Å². The smallest absolute Gasteiger partial charge is 0.147 e. The van der Waals surface area contributed by atoms with Crippen molar-refractivity contribution in [3.05, 3.63) is 12.7 Å². The number of rotatable bonds is 5. The van der Waals surface area contributed by atoms with Crippen molar-refractivity contribution < 1.29 is 4.79 Å². The Balaban J connectivity index is 4.60. The van der Waals surface area contributed by atoms with Crippen LogP contribution in [-0.4, -0.2) is 17.9 Å². The molecule has 0 bridgehead atoms. The highest BCUT2D eigenvalue weighted by molar-refractivity contribution is 5.82. The molecule has 0 saturated heterocycles. The fourth-order valence-corrected chi connectivity index (χ4v) is 1.31. The molecule has 0 aromatic carbocycles. The van der Waals surface area contributed by atoms with Gasteiger partial charge < -0.3 is 5.32 Å². The molecule has 13 heavy (non-hydrogen) atoms. The molecule has 0 radical (unpaired) electrons. The van der Waals surface area contributed by atoms with Crippen LogP contribution < -0.4 is 5.32 Å². The Morgan fingerprint density at radius 2 is 1.92 bits per heavy atom. The molecule has 0 amide bonds. The number of ketones is 1. The number of carbonyl (C=O) groups excluding carboxylic acids is 1. The van der Waals surface area contributed by atoms with Gasteiger partial charge in [0.05, 0.1) is 6.04 Å². The van der Waals surface area contributed by atoms with Crippen LogP contribution in [0, 0.1) is 5.41 Å². The summed E-state index contributed by atoms with van der Waals surface area (Å²) in [5, 5.41) is 3.25. The Hall–Kier alpha value is -0.630. The quantitative estimate of drug-likeness (QED) is 0.662. The van der Waals surface area contributed by atoms with Gasteiger partial charge >= 0.3 is 0 Å². The minimum atomic E-state index is -0.184. The van der Waals surface area contributed by atoms with Crippen molar-refractivity contribution in [1.82, 2.24) is 5.32 Å². The second kappa shape index (κ2) is 4.56. The zero-order valence-corrected chi connectivity index (χ0v) is 9.35. The van der Waals surface area contributed by atoms with Crippen molar-refractivity contribution in [2.45, 2.75) is 46.7 Å². The molecule has 0 aliphatic rings. The van der Waals surface area contributed by atoms with E-state index in [1.54, 1.807) is 6.92 Å². The van der Waals surface area contributed by atoms with Crippen LogP contribution in [0.15, 0.2) is 12.7 Å². The number of hydrogen-bond donors (Lipinski definition) is 1. The van der Waals surface area contributed by atoms with E-state index in [1.807, 2.05) is 33.8 Å². The molecule has 0 spiro atoms. The third kappa shape index (κ3) is 3.73. The van der Waals surface area contributed by atoms with Gasteiger partial charge in [-0.1, -0.05) is 33.8 Å². The molecule has 0 unspecified atom stereocenters. The van der Waals surface area contributed by atoms with Gasteiger partial charge in [-0.05, 0) is 6.92 Å². The topological polar surface area (TPSA) is 29.1 Å². The molecule has 0 aliphatic carbocycles. The third-order valence-electron chi connectivity index (χ3n) is 2.18. The van der Waals surface area contributed by atoms with Crippen LogP contribution >= 0.6 is 0 Å². The maximum Gasteiger partial charge on any atom is 0.147 e. The average molecular weight is 183 g/mol. The highest BCUT2D eigenvalue weighted by Crippen LogP contribution is 2.22. The normalized spacial score (nSPS) is 14.3. The predicted octanol–water partition coefficient (Wildman–Crippen LogP) is 2.15. The lowest BCUT2D eigenvalue weighted by molar-refractivity contribution is -0.121. The molecule has 76 valence electrons. The zero-order valence-electron chi connectivity index (χ0n) is 9.35. The summed E-state index contributed by atoms with van der Waals surface area (Å²) < 4.78 is 0. The number of nitrogens with one attached hydrogen (secondary N) is 1. The summed E-state index contributed by atoms with van der Waals surface area (Å²) in [5.74, 6) is 0.165. The molecule has 0 rings (SSSR count). The predicted molar refractivity (Wildman–Crippen MR) is 56.7 cm³/mol. The van der Waals surface area contributed by atoms with Gasteiger partial charge in [0.25, 0.3) is 0 Å². The summed E-state index contributed by atoms with van der Waals surface area (Å²) in [7, 11) is 0. The lowest BCUT2D eigenvalue weighted by Crippen LogP contribution is -2.48. The highest BCUT2D eigenvalue weighted by atomic mass is 16.1. The van der Waals surface area contributed by atoms with Crippen LogP contribution in [0.3, 0.4) is 0 Å². The first kappa shape index (κ1) is 12.4. The van der Waals surface area contributed by atoms with Crippen LogP contribution in [0.1, 0.15) is 34.6 Å². The molecule has 1 N–H and O–H groups in total. The van der Waals surface area contributed by atoms with Crippen molar-refractivity contribution in [3.8, 4) is 0 Å². The number of hydrogen-bond acceptors (Lipinski definition) is 2. The molecule has 1 atom stereocenters. The van der Waals surface area contributed by atoms with Gasteiger partial charge in [0.15, 0.2) is 0 Å². The van der Waals surface area contributed by atoms with Gasteiger partial charge in [-0.2, -0.15) is 0 Å². The molecule has 0 aliphatic heterocycles. The van der Waals surface area contributed by atoms with Gasteiger partial charge in [0.1, 0.15) is 5.78 Å². The van der Waals surface area contributed by atoms with Crippen molar-refractivity contribution >= 4 is 5.78 Å². The second-order valence-electron chi connectivity index (χ2n) is 4.39. The first-order valence-electron chi connectivity index (χ1n) is 4.71. The van der Waals surface area contributed by atoms with E-state index < -0.39 is 0 Å². The monoisotopic (exact) mass is 183 g/mol. The van der Waals surface area contributed by atoms with E-state index in [9.17, 15) is 4.79 Å². The SMILES string of the molecule is C=CC(C)(C)[C@H](NC(C)C)C(C)=O. The standard InChI is InChI=1S/C11H21NO/c1-7-11(5,6)10(9(4)13)12-8(2)3/h7-8,10,12H,1H2,2-6H3/t10-/m1/s1. The van der Waals surface area contributed by atoms with Crippen LogP contribution in [0.4, 0.5) is 0 Å². The second-order valence-corrected chi connectivity index (χ2v) is 4.39. The summed E-state index contributed by atoms with van der Waals surface area (Å²) in [5.41, 5.74) is -0.184. The molecule has 2 heteroatoms. The first-order valence-corrected chi connectivity index (χ1v) is 4.71. The average Bonchev–Trinajstić information content (AvgIpc) is 1.99. The van der Waals surface area contributed by atoms with Crippen LogP contribution in [-0.2, 0) is 4.79 Å². The lowest BCUT2D eigenvalue weighted by Gasteiger charge is -2.31. The van der Waals surface area contributed by atoms with Gasteiger partial charge in [-0.25, -0.2) is 0 Å². The first-order chi connectivity index (χ1) is 5.81. The van der Waals surface area contributed by atoms with E-state index in [2.05, 4.69) is 11.9 Å². The fraction of sp³-hybridized carbons (Fsp3) is 0.727. The van der Waals surface area contributed by atoms with E-state index in [0.29, 0.717) is 6.04 Å². The van der Waals surface area contributed by atoms with Gasteiger partial charge in [-0.3, -0.25) is 4.79 Å². The molecule has 0 fully saturated rings. The summed E-state index contributed by atoms with van der Waals surface area (Å²) in [4.78, 5) is 11.4. The van der Waals surface area contributed by atoms with Crippen LogP contribution in [0.2, 0.25) is 0 Å². The van der Waals surface area contributed by atoms with E-state index in [4.69, 9.17) is 0 Å². The lowest BCUT2D eigenvalue weighted by atomic mass is 9.82. The van der Waals surface area contributed by atoms with Crippen molar-refractivity contribution in [1.29, 1.82) is 0 Å². The number of carbonyl (C=O) groups is 1. The molecule has 0 aromatic rings. The Morgan fingerprint density at radius 3 is 2.15 bits per heavy atom. The Bertz CT molecular complexity index is 194. The minimum absolute atomic E-state index is 0.134. The van der Waals surface area contributed by atoms with Crippen molar-refractivity contribution in [3.63, 3.8) is 0 Å². The molecular formula is C11H21NO. The van der Waals surface area contributed by atoms with E-state index in [1.165, 1.54) is 0 Å². The van der Waals surface area contributed by atoms with Crippen LogP contribution in [0.5, 0.6) is 0 Å². The maximum atomic E-state index is 11.4. The van der Waals surface area contributed by atoms with Gasteiger partial charge in [0.2, 0.25) is 0 Å². The highest BCUT2D eigenvalue weighted by Gasteiger charge is 2.30. The van der Waals surface area contributed by atoms with Crippen molar-refractivity contribution in [2.24, 2.45) is 5.41 Å². The summed E-state index contributed by atoms with van der Waals surface area (Å²) in [6.07, 6.45) is 1.83. The molecule has 0 aromatic heterocycles. The summed E-state index contributed by atoms with van der Waals surface area (Å²) in [6.45, 7) is 13.5. The van der Waals surface area contributed by atoms with Gasteiger partial charge in [-0.15, -0.1) is 6.58 Å². The fourth-order valence-electron chi connectivity index (χ4n) is 1.31. The van der Waals surface area contributed by atoms with E-state index >= 15 is 0 Å². The Morgan fingerprint density at radius 1 is 1.46 bits per heavy atom. The summed E-state index contributed by atoms with van der Waals surface area (Å²) >= 11 is 0. The van der Waals surface area contributed by atoms with Crippen molar-refractivity contribution in [2.75, 3.05) is 0 Å². The molecular weight excluding hydrogens is 162 g/mol. The largest absolute Gasteiger partial charge is 0.305 e. The summed E-state index contributed by atoms with van der Waals surface area (Å²) in [6, 6.07) is 0.179. The molecule has 0 heterocycles. The van der Waals surface area contributed by atoms with E-state index in [-0.39, 0.29) is 17.2 Å².